The van der Waals surface area contributed by atoms with Crippen molar-refractivity contribution in [1.82, 2.24) is 0 Å². The average Bonchev–Trinajstić information content (AvgIpc) is 2.82. The first kappa shape index (κ1) is 11.8. The first-order chi connectivity index (χ1) is 8.20. The largest absolute Gasteiger partial charge is 0.464 e. The van der Waals surface area contributed by atoms with Crippen LogP contribution in [0.4, 0.5) is 4.39 Å². The van der Waals surface area contributed by atoms with Crippen molar-refractivity contribution in [3.63, 3.8) is 0 Å². The number of hydrogen-bond donors (Lipinski definition) is 0. The van der Waals surface area contributed by atoms with Gasteiger partial charge in [-0.25, -0.2) is 4.79 Å². The van der Waals surface area contributed by atoms with Gasteiger partial charge in [-0.05, 0) is 47.0 Å². The summed E-state index contributed by atoms with van der Waals surface area (Å²) in [5.74, 6) is -1.78. The van der Waals surface area contributed by atoms with Gasteiger partial charge in [0, 0.05) is 4.70 Å². The van der Waals surface area contributed by atoms with E-state index in [-0.39, 0.29) is 0 Å². The number of carbonyl (C=O) groups is 1. The summed E-state index contributed by atoms with van der Waals surface area (Å²) in [6.45, 7) is 0. The smallest absolute Gasteiger partial charge is 0.366 e. The van der Waals surface area contributed by atoms with Gasteiger partial charge in [0.2, 0.25) is 5.83 Å². The summed E-state index contributed by atoms with van der Waals surface area (Å²) in [7, 11) is 1.16. The zero-order valence-corrected chi connectivity index (χ0v) is 10.1. The fourth-order valence-corrected chi connectivity index (χ4v) is 2.30. The number of hydrogen-bond acceptors (Lipinski definition) is 3. The van der Waals surface area contributed by atoms with Gasteiger partial charge in [0.1, 0.15) is 0 Å². The average molecular weight is 250 g/mol. The first-order valence-corrected chi connectivity index (χ1v) is 5.99. The molecule has 0 aliphatic heterocycles. The van der Waals surface area contributed by atoms with Crippen molar-refractivity contribution in [3.05, 3.63) is 47.1 Å². The maximum Gasteiger partial charge on any atom is 0.366 e. The van der Waals surface area contributed by atoms with E-state index in [1.54, 1.807) is 11.3 Å². The predicted molar refractivity (Wildman–Crippen MR) is 66.7 cm³/mol. The number of halogens is 1. The predicted octanol–water partition coefficient (Wildman–Crippen LogP) is 3.47. The number of rotatable bonds is 3. The van der Waals surface area contributed by atoms with Crippen molar-refractivity contribution >= 4 is 27.4 Å². The molecule has 1 aromatic heterocycles. The number of fused-ring (bicyclic) bond motifs is 1. The lowest BCUT2D eigenvalue weighted by atomic mass is 10.1. The maximum atomic E-state index is 13.1. The van der Waals surface area contributed by atoms with Crippen LogP contribution in [-0.4, -0.2) is 13.1 Å². The van der Waals surface area contributed by atoms with Crippen LogP contribution in [0.15, 0.2) is 41.5 Å². The molecule has 0 aliphatic rings. The van der Waals surface area contributed by atoms with Crippen molar-refractivity contribution in [2.75, 3.05) is 7.11 Å². The van der Waals surface area contributed by atoms with Gasteiger partial charge in [-0.15, -0.1) is 11.3 Å². The van der Waals surface area contributed by atoms with Crippen LogP contribution < -0.4 is 0 Å². The summed E-state index contributed by atoms with van der Waals surface area (Å²) in [4.78, 5) is 10.8. The van der Waals surface area contributed by atoms with E-state index in [1.807, 2.05) is 29.6 Å². The molecule has 0 aliphatic carbocycles. The molecule has 0 saturated carbocycles. The highest BCUT2D eigenvalue weighted by atomic mass is 32.1. The normalized spacial score (nSPS) is 11.8. The highest BCUT2D eigenvalue weighted by molar-refractivity contribution is 7.17. The van der Waals surface area contributed by atoms with Crippen molar-refractivity contribution in [2.24, 2.45) is 0 Å². The Balaban J connectivity index is 2.15. The third kappa shape index (κ3) is 2.71. The van der Waals surface area contributed by atoms with E-state index in [0.29, 0.717) is 6.42 Å². The molecule has 17 heavy (non-hydrogen) atoms. The van der Waals surface area contributed by atoms with Gasteiger partial charge < -0.3 is 4.74 Å². The van der Waals surface area contributed by atoms with E-state index in [1.165, 1.54) is 10.8 Å². The fourth-order valence-electron chi connectivity index (χ4n) is 1.53. The van der Waals surface area contributed by atoms with E-state index in [2.05, 4.69) is 4.74 Å². The molecular formula is C13H11FO2S. The molecule has 88 valence electrons. The summed E-state index contributed by atoms with van der Waals surface area (Å²) >= 11 is 1.67. The minimum absolute atomic E-state index is 0.382. The minimum Gasteiger partial charge on any atom is -0.464 e. The van der Waals surface area contributed by atoms with Crippen LogP contribution in [0.25, 0.3) is 10.1 Å². The topological polar surface area (TPSA) is 26.3 Å². The summed E-state index contributed by atoms with van der Waals surface area (Å²) in [5, 5.41) is 3.15. The monoisotopic (exact) mass is 250 g/mol. The van der Waals surface area contributed by atoms with Gasteiger partial charge in [-0.2, -0.15) is 4.39 Å². The molecule has 0 bridgehead atoms. The van der Waals surface area contributed by atoms with E-state index < -0.39 is 11.8 Å². The number of carbonyl (C=O) groups excluding carboxylic acids is 1. The second kappa shape index (κ2) is 5.10. The number of benzene rings is 1. The molecule has 0 amide bonds. The van der Waals surface area contributed by atoms with Gasteiger partial charge in [0.15, 0.2) is 0 Å². The van der Waals surface area contributed by atoms with Gasteiger partial charge in [-0.3, -0.25) is 0 Å². The Morgan fingerprint density at radius 1 is 1.47 bits per heavy atom. The highest BCUT2D eigenvalue weighted by Crippen LogP contribution is 2.22. The summed E-state index contributed by atoms with van der Waals surface area (Å²) in [6, 6.07) is 7.94. The van der Waals surface area contributed by atoms with Crippen molar-refractivity contribution in [3.8, 4) is 0 Å². The van der Waals surface area contributed by atoms with Crippen LogP contribution in [0.3, 0.4) is 0 Å². The quantitative estimate of drug-likeness (QED) is 0.616. The van der Waals surface area contributed by atoms with E-state index >= 15 is 0 Å². The second-order valence-corrected chi connectivity index (χ2v) is 4.49. The third-order valence-electron chi connectivity index (χ3n) is 2.41. The zero-order valence-electron chi connectivity index (χ0n) is 9.27. The molecule has 0 radical (unpaired) electrons. The van der Waals surface area contributed by atoms with Crippen LogP contribution in [0.5, 0.6) is 0 Å². The Morgan fingerprint density at radius 3 is 3.06 bits per heavy atom. The molecule has 2 aromatic rings. The number of methoxy groups -OCH3 is 1. The van der Waals surface area contributed by atoms with E-state index in [0.717, 1.165) is 18.1 Å². The van der Waals surface area contributed by atoms with Gasteiger partial charge >= 0.3 is 5.97 Å². The Bertz CT molecular complexity index is 572. The van der Waals surface area contributed by atoms with Crippen molar-refractivity contribution in [2.45, 2.75) is 6.42 Å². The number of allylic oxidation sites excluding steroid dienone is 1. The van der Waals surface area contributed by atoms with E-state index in [4.69, 9.17) is 0 Å². The molecule has 0 atom stereocenters. The molecular weight excluding hydrogens is 239 g/mol. The molecule has 1 heterocycles. The van der Waals surface area contributed by atoms with Gasteiger partial charge in [-0.1, -0.05) is 6.07 Å². The van der Waals surface area contributed by atoms with Gasteiger partial charge in [0.25, 0.3) is 0 Å². The first-order valence-electron chi connectivity index (χ1n) is 5.11. The lowest BCUT2D eigenvalue weighted by Crippen LogP contribution is -2.00. The van der Waals surface area contributed by atoms with Crippen LogP contribution in [-0.2, 0) is 16.0 Å². The zero-order chi connectivity index (χ0) is 12.3. The van der Waals surface area contributed by atoms with Crippen LogP contribution in [0.2, 0.25) is 0 Å². The Hall–Kier alpha value is -1.68. The summed E-state index contributed by atoms with van der Waals surface area (Å²) in [5.41, 5.74) is 0.968. The van der Waals surface area contributed by atoms with Crippen LogP contribution >= 0.6 is 11.3 Å². The lowest BCUT2D eigenvalue weighted by molar-refractivity contribution is -0.137. The molecule has 4 heteroatoms. The molecule has 2 nitrogen and oxygen atoms in total. The molecule has 0 spiro atoms. The summed E-state index contributed by atoms with van der Waals surface area (Å²) in [6.07, 6.45) is 1.62. The Kier molecular flexibility index (Phi) is 3.54. The van der Waals surface area contributed by atoms with Crippen molar-refractivity contribution < 1.29 is 13.9 Å². The highest BCUT2D eigenvalue weighted by Gasteiger charge is 2.07. The molecule has 0 unspecified atom stereocenters. The van der Waals surface area contributed by atoms with Crippen molar-refractivity contribution in [1.29, 1.82) is 0 Å². The van der Waals surface area contributed by atoms with Gasteiger partial charge in [0.05, 0.1) is 7.11 Å². The molecule has 2 rings (SSSR count). The number of ether oxygens (including phenoxy) is 1. The van der Waals surface area contributed by atoms with Crippen LogP contribution in [0, 0.1) is 0 Å². The standard InChI is InChI=1S/C13H11FO2S/c1-16-13(15)11(14)4-2-9-3-5-12-10(8-9)6-7-17-12/h3-8H,2H2,1H3/b11-4-. The molecule has 0 N–H and O–H groups in total. The Labute approximate surface area is 102 Å². The Morgan fingerprint density at radius 2 is 2.29 bits per heavy atom. The maximum absolute atomic E-state index is 13.1. The minimum atomic E-state index is -0.929. The van der Waals surface area contributed by atoms with Crippen LogP contribution in [0.1, 0.15) is 5.56 Å². The number of thiophene rings is 1. The SMILES string of the molecule is COC(=O)/C(F)=C/Cc1ccc2sccc2c1. The molecule has 0 saturated heterocycles. The third-order valence-corrected chi connectivity index (χ3v) is 3.31. The molecule has 1 aromatic carbocycles. The molecule has 0 fully saturated rings. The lowest BCUT2D eigenvalue weighted by Gasteiger charge is -1.98. The van der Waals surface area contributed by atoms with E-state index in [9.17, 15) is 9.18 Å². The number of esters is 1. The fraction of sp³-hybridized carbons (Fsp3) is 0.154. The second-order valence-electron chi connectivity index (χ2n) is 3.54. The summed E-state index contributed by atoms with van der Waals surface area (Å²) < 4.78 is 18.6.